The number of hydrogen-bond acceptors (Lipinski definition) is 5. The predicted octanol–water partition coefficient (Wildman–Crippen LogP) is 2.94. The number of fused-ring (bicyclic) bond motifs is 1. The van der Waals surface area contributed by atoms with Crippen LogP contribution in [-0.4, -0.2) is 32.4 Å². The van der Waals surface area contributed by atoms with E-state index < -0.39 is 0 Å². The van der Waals surface area contributed by atoms with E-state index >= 15 is 0 Å². The van der Waals surface area contributed by atoms with E-state index in [1.807, 2.05) is 36.5 Å². The highest BCUT2D eigenvalue weighted by Crippen LogP contribution is 2.18. The van der Waals surface area contributed by atoms with Crippen LogP contribution in [0.3, 0.4) is 0 Å². The van der Waals surface area contributed by atoms with Crippen molar-refractivity contribution in [2.24, 2.45) is 0 Å². The average molecular weight is 372 g/mol. The number of pyridine rings is 1. The van der Waals surface area contributed by atoms with Gasteiger partial charge >= 0.3 is 0 Å². The molecule has 1 aromatic carbocycles. The van der Waals surface area contributed by atoms with Crippen LogP contribution in [0.1, 0.15) is 21.6 Å². The van der Waals surface area contributed by atoms with Crippen LogP contribution in [0.15, 0.2) is 67.3 Å². The lowest BCUT2D eigenvalue weighted by atomic mass is 10.1. The van der Waals surface area contributed by atoms with Crippen LogP contribution < -0.4 is 10.6 Å². The van der Waals surface area contributed by atoms with Crippen molar-refractivity contribution >= 4 is 22.8 Å². The van der Waals surface area contributed by atoms with Crippen molar-refractivity contribution in [2.45, 2.75) is 13.0 Å². The topological polar surface area (TPSA) is 95.6 Å². The molecule has 0 radical (unpaired) electrons. The monoisotopic (exact) mass is 372 g/mol. The molecule has 0 unspecified atom stereocenters. The molecule has 3 aromatic heterocycles. The standard InChI is InChI=1S/C21H20N6O/c28-20(25-14-17-5-3-4-9-22-17)16-12-26-21(27-13-16)23-10-8-15-11-24-19-7-2-1-6-18(15)19/h1-7,9,11-13,24H,8,10,14H2,(H,25,28)(H,23,26,27). The fourth-order valence-electron chi connectivity index (χ4n) is 2.96. The van der Waals surface area contributed by atoms with E-state index in [-0.39, 0.29) is 5.91 Å². The van der Waals surface area contributed by atoms with Crippen LogP contribution in [0, 0.1) is 0 Å². The summed E-state index contributed by atoms with van der Waals surface area (Å²) in [6.07, 6.45) is 7.62. The Morgan fingerprint density at radius 2 is 1.82 bits per heavy atom. The molecule has 28 heavy (non-hydrogen) atoms. The molecular weight excluding hydrogens is 352 g/mol. The van der Waals surface area contributed by atoms with Gasteiger partial charge in [-0.3, -0.25) is 9.78 Å². The number of nitrogens with one attached hydrogen (secondary N) is 3. The Morgan fingerprint density at radius 3 is 2.64 bits per heavy atom. The van der Waals surface area contributed by atoms with Gasteiger partial charge in [0, 0.05) is 42.2 Å². The number of carbonyl (C=O) groups is 1. The highest BCUT2D eigenvalue weighted by atomic mass is 16.1. The fourth-order valence-corrected chi connectivity index (χ4v) is 2.96. The first-order valence-electron chi connectivity index (χ1n) is 9.08. The van der Waals surface area contributed by atoms with E-state index in [2.05, 4.69) is 42.7 Å². The molecule has 4 rings (SSSR count). The van der Waals surface area contributed by atoms with Gasteiger partial charge < -0.3 is 15.6 Å². The molecule has 3 heterocycles. The van der Waals surface area contributed by atoms with Crippen LogP contribution >= 0.6 is 0 Å². The quantitative estimate of drug-likeness (QED) is 0.464. The smallest absolute Gasteiger partial charge is 0.254 e. The Kier molecular flexibility index (Phi) is 5.24. The van der Waals surface area contributed by atoms with Gasteiger partial charge in [0.1, 0.15) is 0 Å². The number of carbonyl (C=O) groups excluding carboxylic acids is 1. The molecule has 0 fully saturated rings. The maximum atomic E-state index is 12.2. The van der Waals surface area contributed by atoms with E-state index in [1.54, 1.807) is 6.20 Å². The summed E-state index contributed by atoms with van der Waals surface area (Å²) in [6, 6.07) is 13.8. The number of amides is 1. The summed E-state index contributed by atoms with van der Waals surface area (Å²) >= 11 is 0. The van der Waals surface area contributed by atoms with E-state index in [1.165, 1.54) is 23.3 Å². The second kappa shape index (κ2) is 8.30. The number of aromatic nitrogens is 4. The molecule has 0 aliphatic carbocycles. The predicted molar refractivity (Wildman–Crippen MR) is 108 cm³/mol. The van der Waals surface area contributed by atoms with E-state index in [9.17, 15) is 4.79 Å². The van der Waals surface area contributed by atoms with Crippen LogP contribution in [0.25, 0.3) is 10.9 Å². The molecule has 0 saturated heterocycles. The number of H-pyrrole nitrogens is 1. The third kappa shape index (κ3) is 4.15. The highest BCUT2D eigenvalue weighted by Gasteiger charge is 2.08. The van der Waals surface area contributed by atoms with Gasteiger partial charge in [0.05, 0.1) is 17.8 Å². The zero-order valence-electron chi connectivity index (χ0n) is 15.2. The average Bonchev–Trinajstić information content (AvgIpc) is 3.16. The molecule has 140 valence electrons. The minimum absolute atomic E-state index is 0.226. The van der Waals surface area contributed by atoms with E-state index in [0.29, 0.717) is 24.6 Å². The number of nitrogens with zero attached hydrogens (tertiary/aromatic N) is 3. The molecule has 7 nitrogen and oxygen atoms in total. The van der Waals surface area contributed by atoms with E-state index in [4.69, 9.17) is 0 Å². The minimum Gasteiger partial charge on any atom is -0.361 e. The maximum absolute atomic E-state index is 12.2. The molecule has 4 aromatic rings. The van der Waals surface area contributed by atoms with Crippen molar-refractivity contribution in [1.29, 1.82) is 0 Å². The van der Waals surface area contributed by atoms with Gasteiger partial charge in [0.15, 0.2) is 0 Å². The summed E-state index contributed by atoms with van der Waals surface area (Å²) in [4.78, 5) is 28.1. The molecule has 0 bridgehead atoms. The molecule has 0 saturated carbocycles. The van der Waals surface area contributed by atoms with Gasteiger partial charge in [-0.05, 0) is 30.2 Å². The fraction of sp³-hybridized carbons (Fsp3) is 0.143. The Morgan fingerprint density at radius 1 is 1.00 bits per heavy atom. The normalized spacial score (nSPS) is 10.7. The molecule has 3 N–H and O–H groups in total. The van der Waals surface area contributed by atoms with Gasteiger partial charge in [0.2, 0.25) is 5.95 Å². The number of rotatable bonds is 7. The number of aromatic amines is 1. The van der Waals surface area contributed by atoms with E-state index in [0.717, 1.165) is 17.6 Å². The van der Waals surface area contributed by atoms with Gasteiger partial charge in [0.25, 0.3) is 5.91 Å². The molecule has 7 heteroatoms. The third-order valence-electron chi connectivity index (χ3n) is 4.42. The first-order valence-corrected chi connectivity index (χ1v) is 9.08. The molecular formula is C21H20N6O. The zero-order valence-corrected chi connectivity index (χ0v) is 15.2. The number of benzene rings is 1. The van der Waals surface area contributed by atoms with Crippen LogP contribution in [0.4, 0.5) is 5.95 Å². The summed E-state index contributed by atoms with van der Waals surface area (Å²) in [5, 5.41) is 7.23. The molecule has 0 spiro atoms. The molecule has 1 amide bonds. The van der Waals surface area contributed by atoms with Gasteiger partial charge in [-0.15, -0.1) is 0 Å². The third-order valence-corrected chi connectivity index (χ3v) is 4.42. The largest absolute Gasteiger partial charge is 0.361 e. The van der Waals surface area contributed by atoms with Gasteiger partial charge in [-0.25, -0.2) is 9.97 Å². The maximum Gasteiger partial charge on any atom is 0.254 e. The number of hydrogen-bond donors (Lipinski definition) is 3. The lowest BCUT2D eigenvalue weighted by Crippen LogP contribution is -2.23. The summed E-state index contributed by atoms with van der Waals surface area (Å²) < 4.78 is 0. The van der Waals surface area contributed by atoms with Crippen LogP contribution in [0.2, 0.25) is 0 Å². The van der Waals surface area contributed by atoms with Crippen molar-refractivity contribution < 1.29 is 4.79 Å². The molecule has 0 aliphatic heterocycles. The van der Waals surface area contributed by atoms with Crippen LogP contribution in [-0.2, 0) is 13.0 Å². The SMILES string of the molecule is O=C(NCc1ccccn1)c1cnc(NCCc2c[nH]c3ccccc23)nc1. The van der Waals surface area contributed by atoms with Gasteiger partial charge in [-0.1, -0.05) is 24.3 Å². The molecule has 0 atom stereocenters. The zero-order chi connectivity index (χ0) is 19.2. The van der Waals surface area contributed by atoms with Crippen molar-refractivity contribution in [3.8, 4) is 0 Å². The first kappa shape index (κ1) is 17.7. The van der Waals surface area contributed by atoms with Crippen molar-refractivity contribution in [3.05, 3.63) is 84.1 Å². The summed E-state index contributed by atoms with van der Waals surface area (Å²) in [7, 11) is 0. The van der Waals surface area contributed by atoms with Gasteiger partial charge in [-0.2, -0.15) is 0 Å². The highest BCUT2D eigenvalue weighted by molar-refractivity contribution is 5.93. The Labute approximate surface area is 162 Å². The molecule has 0 aliphatic rings. The summed E-state index contributed by atoms with van der Waals surface area (Å²) in [6.45, 7) is 1.07. The number of anilines is 1. The number of para-hydroxylation sites is 1. The van der Waals surface area contributed by atoms with Crippen molar-refractivity contribution in [3.63, 3.8) is 0 Å². The summed E-state index contributed by atoms with van der Waals surface area (Å²) in [5.41, 5.74) is 3.59. The Bertz CT molecular complexity index is 1060. The van der Waals surface area contributed by atoms with Crippen molar-refractivity contribution in [2.75, 3.05) is 11.9 Å². The minimum atomic E-state index is -0.226. The second-order valence-electron chi connectivity index (χ2n) is 6.34. The van der Waals surface area contributed by atoms with Crippen molar-refractivity contribution in [1.82, 2.24) is 25.3 Å². The summed E-state index contributed by atoms with van der Waals surface area (Å²) in [5.74, 6) is 0.275. The first-order chi connectivity index (χ1) is 13.8. The Balaban J connectivity index is 1.29. The lowest BCUT2D eigenvalue weighted by Gasteiger charge is -2.06. The van der Waals surface area contributed by atoms with Crippen LogP contribution in [0.5, 0.6) is 0 Å². The second-order valence-corrected chi connectivity index (χ2v) is 6.34. The Hall–Kier alpha value is -3.74. The lowest BCUT2D eigenvalue weighted by molar-refractivity contribution is 0.0949.